The van der Waals surface area contributed by atoms with Crippen molar-refractivity contribution in [2.45, 2.75) is 19.8 Å². The summed E-state index contributed by atoms with van der Waals surface area (Å²) in [6, 6.07) is 4.36. The second kappa shape index (κ2) is 7.59. The van der Waals surface area contributed by atoms with Gasteiger partial charge < -0.3 is 9.64 Å². The largest absolute Gasteiger partial charge is 0.494 e. The minimum atomic E-state index is -2.60. The van der Waals surface area contributed by atoms with Crippen molar-refractivity contribution in [3.63, 3.8) is 0 Å². The lowest BCUT2D eigenvalue weighted by molar-refractivity contribution is 0.123. The highest BCUT2D eigenvalue weighted by Gasteiger charge is 2.25. The molecule has 0 atom stereocenters. The molecule has 0 spiro atoms. The Morgan fingerprint density at radius 2 is 2.04 bits per heavy atom. The van der Waals surface area contributed by atoms with Crippen molar-refractivity contribution in [3.8, 4) is 5.75 Å². The van der Waals surface area contributed by atoms with E-state index < -0.39 is 18.8 Å². The molecule has 0 aromatic heterocycles. The molecule has 0 N–H and O–H groups in total. The van der Waals surface area contributed by atoms with Crippen LogP contribution >= 0.6 is 11.6 Å². The van der Waals surface area contributed by atoms with E-state index in [4.69, 9.17) is 16.3 Å². The third-order valence-electron chi connectivity index (χ3n) is 3.29. The molecule has 1 aromatic rings. The molecular weight excluding hydrogens is 327 g/mol. The molecule has 0 radical (unpaired) electrons. The Morgan fingerprint density at radius 1 is 1.30 bits per heavy atom. The van der Waals surface area contributed by atoms with Crippen LogP contribution in [0.2, 0.25) is 0 Å². The van der Waals surface area contributed by atoms with Crippen LogP contribution < -0.4 is 4.74 Å². The summed E-state index contributed by atoms with van der Waals surface area (Å²) in [6.45, 7) is 5.51. The van der Waals surface area contributed by atoms with Gasteiger partial charge in [-0.2, -0.15) is 0 Å². The molecule has 0 saturated heterocycles. The van der Waals surface area contributed by atoms with E-state index in [0.717, 1.165) is 6.42 Å². The quantitative estimate of drug-likeness (QED) is 0.706. The number of rotatable bonds is 6. The molecule has 2 rings (SSSR count). The van der Waals surface area contributed by atoms with Gasteiger partial charge >= 0.3 is 0 Å². The van der Waals surface area contributed by atoms with E-state index in [1.54, 1.807) is 6.07 Å². The number of benzene rings is 1. The second-order valence-electron chi connectivity index (χ2n) is 5.01. The van der Waals surface area contributed by atoms with Gasteiger partial charge in [0.25, 0.3) is 6.43 Å². The number of allylic oxidation sites excluding steroid dienone is 3. The Balaban J connectivity index is 2.36. The van der Waals surface area contributed by atoms with Crippen LogP contribution in [-0.2, 0) is 0 Å². The molecule has 1 heterocycles. The molecule has 0 aliphatic carbocycles. The van der Waals surface area contributed by atoms with Crippen LogP contribution in [0.5, 0.6) is 5.75 Å². The van der Waals surface area contributed by atoms with Crippen molar-refractivity contribution in [2.75, 3.05) is 13.2 Å². The third kappa shape index (κ3) is 4.10. The normalized spacial score (nSPS) is 14.9. The van der Waals surface area contributed by atoms with Gasteiger partial charge in [-0.15, -0.1) is 0 Å². The fourth-order valence-corrected chi connectivity index (χ4v) is 2.37. The number of hydrogen-bond acceptors (Lipinski definition) is 2. The molecule has 2 nitrogen and oxygen atoms in total. The zero-order chi connectivity index (χ0) is 17.0. The molecule has 0 saturated carbocycles. The standard InChI is InChI=1S/C17H17ClF3NO/c1-3-8-23-12-4-5-13(15(19)9-12)16-7-6-14(18)11(2)22(16)10-17(20)21/h4-7,9,17H,2-3,8,10H2,1H3. The first kappa shape index (κ1) is 17.5. The van der Waals surface area contributed by atoms with E-state index in [-0.39, 0.29) is 16.3 Å². The molecule has 1 aliphatic rings. The third-order valence-corrected chi connectivity index (χ3v) is 3.63. The van der Waals surface area contributed by atoms with Crippen molar-refractivity contribution >= 4 is 17.3 Å². The van der Waals surface area contributed by atoms with Crippen molar-refractivity contribution in [1.29, 1.82) is 0 Å². The Kier molecular flexibility index (Phi) is 5.77. The number of hydrogen-bond donors (Lipinski definition) is 0. The Bertz CT molecular complexity index is 655. The van der Waals surface area contributed by atoms with Gasteiger partial charge in [-0.1, -0.05) is 25.1 Å². The molecule has 0 bridgehead atoms. The van der Waals surface area contributed by atoms with Crippen LogP contribution in [0.1, 0.15) is 18.9 Å². The van der Waals surface area contributed by atoms with Gasteiger partial charge in [0.05, 0.1) is 29.6 Å². The molecule has 1 aromatic carbocycles. The summed E-state index contributed by atoms with van der Waals surface area (Å²) < 4.78 is 45.4. The molecule has 1 aliphatic heterocycles. The van der Waals surface area contributed by atoms with Gasteiger partial charge in [-0.05, 0) is 30.7 Å². The van der Waals surface area contributed by atoms with Crippen molar-refractivity contribution in [1.82, 2.24) is 4.90 Å². The van der Waals surface area contributed by atoms with Crippen LogP contribution in [0.15, 0.2) is 47.7 Å². The SMILES string of the molecule is C=C1C(Cl)=CC=C(c2ccc(OCCC)cc2F)N1CC(F)F. The van der Waals surface area contributed by atoms with Gasteiger partial charge in [-0.25, -0.2) is 13.2 Å². The maximum Gasteiger partial charge on any atom is 0.256 e. The van der Waals surface area contributed by atoms with Crippen LogP contribution in [0.4, 0.5) is 13.2 Å². The molecule has 124 valence electrons. The Labute approximate surface area is 138 Å². The molecule has 0 fully saturated rings. The first-order chi connectivity index (χ1) is 10.9. The van der Waals surface area contributed by atoms with E-state index >= 15 is 0 Å². The number of ether oxygens (including phenoxy) is 1. The van der Waals surface area contributed by atoms with Crippen molar-refractivity contribution < 1.29 is 17.9 Å². The summed E-state index contributed by atoms with van der Waals surface area (Å²) >= 11 is 5.94. The smallest absolute Gasteiger partial charge is 0.256 e. The van der Waals surface area contributed by atoms with Gasteiger partial charge in [-0.3, -0.25) is 0 Å². The summed E-state index contributed by atoms with van der Waals surface area (Å²) in [5.41, 5.74) is 0.700. The van der Waals surface area contributed by atoms with Crippen molar-refractivity contribution in [2.24, 2.45) is 0 Å². The summed E-state index contributed by atoms with van der Waals surface area (Å²) in [6.07, 6.45) is 1.22. The maximum absolute atomic E-state index is 14.4. The zero-order valence-electron chi connectivity index (χ0n) is 12.7. The van der Waals surface area contributed by atoms with Gasteiger partial charge in [0.15, 0.2) is 0 Å². The van der Waals surface area contributed by atoms with E-state index in [9.17, 15) is 13.2 Å². The number of nitrogens with zero attached hydrogens (tertiary/aromatic N) is 1. The highest BCUT2D eigenvalue weighted by atomic mass is 35.5. The summed E-state index contributed by atoms with van der Waals surface area (Å²) in [7, 11) is 0. The fraction of sp³-hybridized carbons (Fsp3) is 0.294. The monoisotopic (exact) mass is 343 g/mol. The predicted octanol–water partition coefficient (Wildman–Crippen LogP) is 5.17. The summed E-state index contributed by atoms with van der Waals surface area (Å²) in [5, 5.41) is 0.248. The predicted molar refractivity (Wildman–Crippen MR) is 85.9 cm³/mol. The summed E-state index contributed by atoms with van der Waals surface area (Å²) in [5.74, 6) is -0.152. The van der Waals surface area contributed by atoms with E-state index in [0.29, 0.717) is 18.1 Å². The van der Waals surface area contributed by atoms with Gasteiger partial charge in [0, 0.05) is 11.6 Å². The Hall–Kier alpha value is -1.88. The minimum absolute atomic E-state index is 0.191. The lowest BCUT2D eigenvalue weighted by atomic mass is 10.1. The average Bonchev–Trinajstić information content (AvgIpc) is 2.50. The van der Waals surface area contributed by atoms with Crippen molar-refractivity contribution in [3.05, 3.63) is 59.0 Å². The van der Waals surface area contributed by atoms with Gasteiger partial charge in [0.2, 0.25) is 0 Å². The lowest BCUT2D eigenvalue weighted by Crippen LogP contribution is -2.28. The van der Waals surface area contributed by atoms with E-state index in [1.807, 2.05) is 6.92 Å². The zero-order valence-corrected chi connectivity index (χ0v) is 13.4. The van der Waals surface area contributed by atoms with Gasteiger partial charge in [0.1, 0.15) is 11.6 Å². The minimum Gasteiger partial charge on any atom is -0.494 e. The second-order valence-corrected chi connectivity index (χ2v) is 5.41. The summed E-state index contributed by atoms with van der Waals surface area (Å²) in [4.78, 5) is 1.22. The van der Waals surface area contributed by atoms with Crippen LogP contribution in [0.3, 0.4) is 0 Å². The first-order valence-corrected chi connectivity index (χ1v) is 7.57. The highest BCUT2D eigenvalue weighted by molar-refractivity contribution is 6.32. The maximum atomic E-state index is 14.4. The highest BCUT2D eigenvalue weighted by Crippen LogP contribution is 2.34. The van der Waals surface area contributed by atoms with E-state index in [2.05, 4.69) is 6.58 Å². The fourth-order valence-electron chi connectivity index (χ4n) is 2.21. The number of alkyl halides is 2. The first-order valence-electron chi connectivity index (χ1n) is 7.19. The molecule has 6 heteroatoms. The van der Waals surface area contributed by atoms with E-state index in [1.165, 1.54) is 29.2 Å². The van der Waals surface area contributed by atoms with Crippen LogP contribution in [0.25, 0.3) is 5.70 Å². The van der Waals surface area contributed by atoms with Crippen LogP contribution in [0, 0.1) is 5.82 Å². The van der Waals surface area contributed by atoms with Crippen LogP contribution in [-0.4, -0.2) is 24.5 Å². The topological polar surface area (TPSA) is 12.5 Å². The molecule has 23 heavy (non-hydrogen) atoms. The lowest BCUT2D eigenvalue weighted by Gasteiger charge is -2.31. The molecular formula is C17H17ClF3NO. The Morgan fingerprint density at radius 3 is 2.65 bits per heavy atom. The number of halogens is 4. The molecule has 0 unspecified atom stereocenters. The molecule has 0 amide bonds. The average molecular weight is 344 g/mol.